The molecule has 2 aromatic carbocycles. The third kappa shape index (κ3) is 1.34. The van der Waals surface area contributed by atoms with Gasteiger partial charge in [-0.3, -0.25) is 14.4 Å². The minimum atomic E-state index is -0.132. The van der Waals surface area contributed by atoms with Crippen LogP contribution in [-0.2, 0) is 0 Å². The summed E-state index contributed by atoms with van der Waals surface area (Å²) in [6, 6.07) is 10.1. The van der Waals surface area contributed by atoms with Gasteiger partial charge in [-0.05, 0) is 23.3 Å². The molecule has 0 spiro atoms. The largest absolute Gasteiger partial charge is 0.298 e. The molecular formula is C15H8O3. The summed E-state index contributed by atoms with van der Waals surface area (Å²) in [5, 5.41) is 0. The van der Waals surface area contributed by atoms with Gasteiger partial charge in [-0.2, -0.15) is 0 Å². The van der Waals surface area contributed by atoms with Crippen molar-refractivity contribution < 1.29 is 14.4 Å². The lowest BCUT2D eigenvalue weighted by Gasteiger charge is -2.00. The molecule has 3 nitrogen and oxygen atoms in total. The van der Waals surface area contributed by atoms with Crippen molar-refractivity contribution >= 4 is 18.4 Å². The van der Waals surface area contributed by atoms with E-state index in [1.54, 1.807) is 36.4 Å². The molecule has 0 aromatic heterocycles. The van der Waals surface area contributed by atoms with Crippen molar-refractivity contribution in [1.29, 1.82) is 0 Å². The van der Waals surface area contributed by atoms with Crippen molar-refractivity contribution in [1.82, 2.24) is 0 Å². The molecule has 0 radical (unpaired) electrons. The average molecular weight is 236 g/mol. The summed E-state index contributed by atoms with van der Waals surface area (Å²) in [5.41, 5.74) is 3.64. The summed E-state index contributed by atoms with van der Waals surface area (Å²) in [7, 11) is 0. The molecule has 1 aliphatic rings. The van der Waals surface area contributed by atoms with Crippen molar-refractivity contribution in [2.24, 2.45) is 0 Å². The quantitative estimate of drug-likeness (QED) is 0.642. The highest BCUT2D eigenvalue weighted by molar-refractivity contribution is 6.22. The van der Waals surface area contributed by atoms with Crippen LogP contribution >= 0.6 is 0 Å². The Bertz CT molecular complexity index is 639. The first-order chi connectivity index (χ1) is 8.74. The summed E-state index contributed by atoms with van der Waals surface area (Å²) in [4.78, 5) is 33.6. The van der Waals surface area contributed by atoms with E-state index >= 15 is 0 Å². The zero-order valence-electron chi connectivity index (χ0n) is 9.34. The smallest absolute Gasteiger partial charge is 0.194 e. The maximum Gasteiger partial charge on any atom is 0.194 e. The van der Waals surface area contributed by atoms with Gasteiger partial charge in [-0.15, -0.1) is 0 Å². The molecule has 86 valence electrons. The standard InChI is InChI=1S/C15H8O3/c16-7-9-1-3-11-12-4-2-10(8-17)6-14(12)15(18)13(11)5-9/h1-8H. The number of benzene rings is 2. The molecule has 0 aliphatic heterocycles. The molecule has 0 heterocycles. The summed E-state index contributed by atoms with van der Waals surface area (Å²) in [6.45, 7) is 0. The predicted octanol–water partition coefficient (Wildman–Crippen LogP) is 2.52. The topological polar surface area (TPSA) is 51.2 Å². The second-order valence-electron chi connectivity index (χ2n) is 4.17. The van der Waals surface area contributed by atoms with Gasteiger partial charge >= 0.3 is 0 Å². The van der Waals surface area contributed by atoms with E-state index in [2.05, 4.69) is 0 Å². The molecule has 0 atom stereocenters. The highest BCUT2D eigenvalue weighted by Gasteiger charge is 2.26. The molecule has 0 amide bonds. The van der Waals surface area contributed by atoms with Crippen LogP contribution < -0.4 is 0 Å². The Morgan fingerprint density at radius 1 is 0.667 bits per heavy atom. The first-order valence-electron chi connectivity index (χ1n) is 5.48. The van der Waals surface area contributed by atoms with Crippen LogP contribution in [-0.4, -0.2) is 18.4 Å². The molecule has 0 N–H and O–H groups in total. The number of carbonyl (C=O) groups excluding carboxylic acids is 3. The normalized spacial score (nSPS) is 11.9. The van der Waals surface area contributed by atoms with Crippen molar-refractivity contribution in [3.8, 4) is 11.1 Å². The summed E-state index contributed by atoms with van der Waals surface area (Å²) >= 11 is 0. The number of fused-ring (bicyclic) bond motifs is 3. The van der Waals surface area contributed by atoms with Gasteiger partial charge in [-0.25, -0.2) is 0 Å². The lowest BCUT2D eigenvalue weighted by molar-refractivity contribution is 0.104. The van der Waals surface area contributed by atoms with E-state index in [1.807, 2.05) is 0 Å². The van der Waals surface area contributed by atoms with Crippen LogP contribution in [0.3, 0.4) is 0 Å². The van der Waals surface area contributed by atoms with Crippen LogP contribution in [0, 0.1) is 0 Å². The fourth-order valence-electron chi connectivity index (χ4n) is 2.26. The maximum absolute atomic E-state index is 12.2. The number of carbonyl (C=O) groups is 3. The van der Waals surface area contributed by atoms with Crippen LogP contribution in [0.2, 0.25) is 0 Å². The second kappa shape index (κ2) is 3.74. The van der Waals surface area contributed by atoms with Crippen LogP contribution in [0.15, 0.2) is 36.4 Å². The monoisotopic (exact) mass is 236 g/mol. The molecule has 0 fully saturated rings. The lowest BCUT2D eigenvalue weighted by Crippen LogP contribution is -1.96. The van der Waals surface area contributed by atoms with Crippen molar-refractivity contribution in [2.75, 3.05) is 0 Å². The summed E-state index contributed by atoms with van der Waals surface area (Å²) in [6.07, 6.45) is 1.43. The number of hydrogen-bond acceptors (Lipinski definition) is 3. The SMILES string of the molecule is O=Cc1ccc2c(c1)C(=O)c1cc(C=O)ccc1-2. The minimum Gasteiger partial charge on any atom is -0.298 e. The molecule has 18 heavy (non-hydrogen) atoms. The van der Waals surface area contributed by atoms with Crippen LogP contribution in [0.1, 0.15) is 36.6 Å². The minimum absolute atomic E-state index is 0.132. The van der Waals surface area contributed by atoms with Crippen LogP contribution in [0.4, 0.5) is 0 Å². The third-order valence-electron chi connectivity index (χ3n) is 3.14. The zero-order chi connectivity index (χ0) is 12.7. The van der Waals surface area contributed by atoms with Gasteiger partial charge in [0.1, 0.15) is 12.6 Å². The van der Waals surface area contributed by atoms with E-state index in [1.165, 1.54) is 0 Å². The Labute approximate surface area is 103 Å². The molecular weight excluding hydrogens is 228 g/mol. The Morgan fingerprint density at radius 3 is 1.50 bits per heavy atom. The van der Waals surface area contributed by atoms with E-state index in [-0.39, 0.29) is 5.78 Å². The molecule has 1 aliphatic carbocycles. The van der Waals surface area contributed by atoms with E-state index in [0.29, 0.717) is 34.8 Å². The highest BCUT2D eigenvalue weighted by atomic mass is 16.1. The van der Waals surface area contributed by atoms with Crippen LogP contribution in [0.5, 0.6) is 0 Å². The van der Waals surface area contributed by atoms with Gasteiger partial charge in [0, 0.05) is 22.3 Å². The fourth-order valence-corrected chi connectivity index (χ4v) is 2.26. The Morgan fingerprint density at radius 2 is 1.11 bits per heavy atom. The molecule has 0 unspecified atom stereocenters. The Balaban J connectivity index is 2.27. The van der Waals surface area contributed by atoms with Crippen molar-refractivity contribution in [3.63, 3.8) is 0 Å². The molecule has 3 rings (SSSR count). The summed E-state index contributed by atoms with van der Waals surface area (Å²) < 4.78 is 0. The van der Waals surface area contributed by atoms with Crippen molar-refractivity contribution in [3.05, 3.63) is 58.7 Å². The highest BCUT2D eigenvalue weighted by Crippen LogP contribution is 2.37. The molecule has 0 bridgehead atoms. The van der Waals surface area contributed by atoms with E-state index < -0.39 is 0 Å². The van der Waals surface area contributed by atoms with Crippen LogP contribution in [0.25, 0.3) is 11.1 Å². The zero-order valence-corrected chi connectivity index (χ0v) is 9.34. The van der Waals surface area contributed by atoms with Gasteiger partial charge in [0.2, 0.25) is 0 Å². The number of rotatable bonds is 2. The lowest BCUT2D eigenvalue weighted by atomic mass is 10.0. The first kappa shape index (κ1) is 10.6. The Hall–Kier alpha value is -2.55. The first-order valence-corrected chi connectivity index (χ1v) is 5.48. The number of hydrogen-bond donors (Lipinski definition) is 0. The third-order valence-corrected chi connectivity index (χ3v) is 3.14. The van der Waals surface area contributed by atoms with Gasteiger partial charge in [0.05, 0.1) is 0 Å². The molecule has 2 aromatic rings. The molecule has 0 saturated carbocycles. The Kier molecular flexibility index (Phi) is 2.20. The van der Waals surface area contributed by atoms with Gasteiger partial charge in [-0.1, -0.05) is 24.3 Å². The maximum atomic E-state index is 12.2. The van der Waals surface area contributed by atoms with Gasteiger partial charge in [0.25, 0.3) is 0 Å². The van der Waals surface area contributed by atoms with Crippen molar-refractivity contribution in [2.45, 2.75) is 0 Å². The average Bonchev–Trinajstić information content (AvgIpc) is 2.71. The number of aldehydes is 2. The second-order valence-corrected chi connectivity index (χ2v) is 4.17. The molecule has 3 heteroatoms. The van der Waals surface area contributed by atoms with Gasteiger partial charge < -0.3 is 0 Å². The molecule has 0 saturated heterocycles. The van der Waals surface area contributed by atoms with Gasteiger partial charge in [0.15, 0.2) is 5.78 Å². The van der Waals surface area contributed by atoms with E-state index in [4.69, 9.17) is 0 Å². The number of ketones is 1. The van der Waals surface area contributed by atoms with E-state index in [0.717, 1.165) is 11.1 Å². The predicted molar refractivity (Wildman–Crippen MR) is 66.1 cm³/mol. The summed E-state index contributed by atoms with van der Waals surface area (Å²) in [5.74, 6) is -0.132. The van der Waals surface area contributed by atoms with E-state index in [9.17, 15) is 14.4 Å². The fraction of sp³-hybridized carbons (Fsp3) is 0.